The summed E-state index contributed by atoms with van der Waals surface area (Å²) in [6.45, 7) is 5.90. The summed E-state index contributed by atoms with van der Waals surface area (Å²) in [4.78, 5) is 11.9. The van der Waals surface area contributed by atoms with Crippen molar-refractivity contribution in [1.29, 1.82) is 0 Å². The third kappa shape index (κ3) is 6.85. The molecule has 1 aliphatic carbocycles. The number of carbonyl (C=O) groups excluding carboxylic acids is 1. The van der Waals surface area contributed by atoms with Gasteiger partial charge in [-0.05, 0) is 66.6 Å². The van der Waals surface area contributed by atoms with Crippen LogP contribution >= 0.6 is 24.0 Å². The molecule has 1 amide bonds. The molecule has 0 aromatic heterocycles. The highest BCUT2D eigenvalue weighted by Crippen LogP contribution is 2.38. The Bertz CT molecular complexity index is 979. The molecular weight excluding hydrogens is 452 g/mol. The van der Waals surface area contributed by atoms with Gasteiger partial charge in [0.1, 0.15) is 4.32 Å². The maximum absolute atomic E-state index is 11.9. The van der Waals surface area contributed by atoms with Crippen LogP contribution in [0.25, 0.3) is 0 Å². The number of nitrogen functional groups attached to an aromatic ring is 1. The molecule has 0 heterocycles. The van der Waals surface area contributed by atoms with E-state index in [4.69, 9.17) is 18.0 Å². The molecule has 0 fully saturated rings. The van der Waals surface area contributed by atoms with E-state index in [0.717, 1.165) is 47.8 Å². The van der Waals surface area contributed by atoms with Gasteiger partial charge < -0.3 is 26.8 Å². The van der Waals surface area contributed by atoms with Crippen LogP contribution in [-0.4, -0.2) is 27.7 Å². The van der Waals surface area contributed by atoms with Crippen molar-refractivity contribution in [2.45, 2.75) is 46.1 Å². The van der Waals surface area contributed by atoms with Crippen LogP contribution in [0, 0.1) is 11.8 Å². The smallest absolute Gasteiger partial charge is 0.226 e. The molecule has 0 spiro atoms. The van der Waals surface area contributed by atoms with Gasteiger partial charge in [0, 0.05) is 29.7 Å². The Kier molecular flexibility index (Phi) is 9.00. The monoisotopic (exact) mass is 486 g/mol. The molecule has 2 atom stereocenters. The quantitative estimate of drug-likeness (QED) is 0.251. The highest BCUT2D eigenvalue weighted by Gasteiger charge is 2.23. The number of amides is 1. The molecule has 0 saturated carbocycles. The van der Waals surface area contributed by atoms with Gasteiger partial charge in [-0.15, -0.1) is 0 Å². The van der Waals surface area contributed by atoms with Crippen LogP contribution < -0.4 is 21.7 Å². The third-order valence-electron chi connectivity index (χ3n) is 5.75. The summed E-state index contributed by atoms with van der Waals surface area (Å²) in [5.74, 6) is 0.920. The minimum atomic E-state index is -0.0524. The first-order valence-electron chi connectivity index (χ1n) is 11.4. The molecule has 1 aliphatic rings. The fourth-order valence-corrected chi connectivity index (χ4v) is 4.78. The molecule has 0 saturated heterocycles. The lowest BCUT2D eigenvalue weighted by Crippen LogP contribution is -2.20. The van der Waals surface area contributed by atoms with E-state index in [-0.39, 0.29) is 30.4 Å². The van der Waals surface area contributed by atoms with Crippen LogP contribution in [0.2, 0.25) is 0 Å². The predicted molar refractivity (Wildman–Crippen MR) is 145 cm³/mol. The number of nitrogens with one attached hydrogen (secondary N) is 3. The molecule has 2 unspecified atom stereocenters. The number of benzene rings is 2. The number of carbonyl (C=O) groups is 1. The summed E-state index contributed by atoms with van der Waals surface area (Å²) in [6, 6.07) is 12.1. The molecule has 0 bridgehead atoms. The molecule has 178 valence electrons. The van der Waals surface area contributed by atoms with E-state index in [1.54, 1.807) is 0 Å². The second kappa shape index (κ2) is 11.7. The molecule has 0 radical (unpaired) electrons. The van der Waals surface area contributed by atoms with Gasteiger partial charge in [0.15, 0.2) is 0 Å². The van der Waals surface area contributed by atoms with Crippen molar-refractivity contribution >= 4 is 57.0 Å². The summed E-state index contributed by atoms with van der Waals surface area (Å²) >= 11 is 6.98. The largest absolute Gasteiger partial charge is 0.397 e. The topological polar surface area (TPSA) is 99.4 Å². The molecule has 33 heavy (non-hydrogen) atoms. The van der Waals surface area contributed by atoms with Crippen LogP contribution in [0.1, 0.15) is 50.8 Å². The number of aliphatic hydroxyl groups is 1. The first kappa shape index (κ1) is 25.3. The summed E-state index contributed by atoms with van der Waals surface area (Å²) in [5.41, 5.74) is 12.3. The number of hydrogen-bond donors (Lipinski definition) is 5. The van der Waals surface area contributed by atoms with Crippen molar-refractivity contribution in [2.24, 2.45) is 11.8 Å². The average molecular weight is 487 g/mol. The lowest BCUT2D eigenvalue weighted by Gasteiger charge is -2.29. The van der Waals surface area contributed by atoms with E-state index in [1.807, 2.05) is 51.1 Å². The van der Waals surface area contributed by atoms with Crippen molar-refractivity contribution in [1.82, 2.24) is 0 Å². The second-order valence-corrected chi connectivity index (χ2v) is 10.6. The molecule has 2 aromatic rings. The van der Waals surface area contributed by atoms with Crippen LogP contribution in [0.3, 0.4) is 0 Å². The zero-order chi connectivity index (χ0) is 24.0. The van der Waals surface area contributed by atoms with E-state index in [1.165, 1.54) is 22.9 Å². The van der Waals surface area contributed by atoms with Gasteiger partial charge in [0.05, 0.1) is 17.4 Å². The first-order chi connectivity index (χ1) is 15.8. The van der Waals surface area contributed by atoms with E-state index in [2.05, 4.69) is 22.0 Å². The van der Waals surface area contributed by atoms with Crippen molar-refractivity contribution in [3.63, 3.8) is 0 Å². The first-order valence-corrected chi connectivity index (χ1v) is 12.8. The van der Waals surface area contributed by atoms with E-state index in [0.29, 0.717) is 4.32 Å². The molecule has 3 rings (SSSR count). The number of thioether (sulfide) groups is 1. The summed E-state index contributed by atoms with van der Waals surface area (Å²) in [7, 11) is 0. The Morgan fingerprint density at radius 1 is 1.15 bits per heavy atom. The third-order valence-corrected chi connectivity index (χ3v) is 7.31. The number of nitrogens with two attached hydrogens (primary N) is 1. The fraction of sp³-hybridized carbons (Fsp3) is 0.440. The minimum Gasteiger partial charge on any atom is -0.397 e. The van der Waals surface area contributed by atoms with Gasteiger partial charge in [-0.25, -0.2) is 0 Å². The number of hydrogen-bond acceptors (Lipinski definition) is 6. The Labute approximate surface area is 206 Å². The van der Waals surface area contributed by atoms with E-state index in [9.17, 15) is 9.90 Å². The molecule has 0 aliphatic heterocycles. The Morgan fingerprint density at radius 3 is 2.52 bits per heavy atom. The normalized spacial score (nSPS) is 16.1. The second-order valence-electron chi connectivity index (χ2n) is 8.92. The molecular formula is C25H34N4O2S2. The highest BCUT2D eigenvalue weighted by molar-refractivity contribution is 8.23. The highest BCUT2D eigenvalue weighted by atomic mass is 32.2. The number of aliphatic hydroxyl groups excluding tert-OH is 1. The standard InChI is InChI=1S/C25H34N4O2S2/c1-15(2)24(31)28-18-9-7-17(8-10-18)27-21-6-4-5-20-19(21)11-12-22(23(20)26)29-25(32)33-14-16(3)13-30/h7-12,15-16,21,27,30H,4-6,13-14,26H2,1-3H3,(H,28,31)(H,29,32). The lowest BCUT2D eigenvalue weighted by molar-refractivity contribution is -0.118. The minimum absolute atomic E-state index is 0.0117. The summed E-state index contributed by atoms with van der Waals surface area (Å²) in [5, 5.41) is 19.0. The van der Waals surface area contributed by atoms with Crippen LogP contribution in [0.5, 0.6) is 0 Å². The van der Waals surface area contributed by atoms with Gasteiger partial charge in [0.2, 0.25) is 5.91 Å². The fourth-order valence-electron chi connectivity index (χ4n) is 3.74. The summed E-state index contributed by atoms with van der Waals surface area (Å²) in [6.07, 6.45) is 3.02. The molecule has 6 nitrogen and oxygen atoms in total. The predicted octanol–water partition coefficient (Wildman–Crippen LogP) is 5.41. The van der Waals surface area contributed by atoms with Crippen LogP contribution in [0.15, 0.2) is 36.4 Å². The van der Waals surface area contributed by atoms with Crippen molar-refractivity contribution in [3.8, 4) is 0 Å². The van der Waals surface area contributed by atoms with Crippen molar-refractivity contribution < 1.29 is 9.90 Å². The Morgan fingerprint density at radius 2 is 1.85 bits per heavy atom. The Hall–Kier alpha value is -2.29. The maximum atomic E-state index is 11.9. The number of anilines is 4. The van der Waals surface area contributed by atoms with Crippen molar-refractivity contribution in [2.75, 3.05) is 34.0 Å². The van der Waals surface area contributed by atoms with E-state index < -0.39 is 0 Å². The zero-order valence-electron chi connectivity index (χ0n) is 19.5. The SMILES string of the molecule is CC(CO)CSC(=S)Nc1ccc2c(c1N)CCCC2Nc1ccc(NC(=O)C(C)C)cc1. The average Bonchev–Trinajstić information content (AvgIpc) is 2.80. The van der Waals surface area contributed by atoms with Gasteiger partial charge >= 0.3 is 0 Å². The zero-order valence-corrected chi connectivity index (χ0v) is 21.1. The summed E-state index contributed by atoms with van der Waals surface area (Å²) < 4.78 is 0.664. The van der Waals surface area contributed by atoms with Crippen LogP contribution in [0.4, 0.5) is 22.7 Å². The number of fused-ring (bicyclic) bond motifs is 1. The van der Waals surface area contributed by atoms with Gasteiger partial charge in [-0.3, -0.25) is 4.79 Å². The van der Waals surface area contributed by atoms with Gasteiger partial charge in [-0.1, -0.05) is 50.8 Å². The van der Waals surface area contributed by atoms with Gasteiger partial charge in [-0.2, -0.15) is 0 Å². The lowest BCUT2D eigenvalue weighted by atomic mass is 9.86. The van der Waals surface area contributed by atoms with Crippen molar-refractivity contribution in [3.05, 3.63) is 47.5 Å². The molecule has 2 aromatic carbocycles. The van der Waals surface area contributed by atoms with Crippen LogP contribution in [-0.2, 0) is 11.2 Å². The maximum Gasteiger partial charge on any atom is 0.226 e. The van der Waals surface area contributed by atoms with Gasteiger partial charge in [0.25, 0.3) is 0 Å². The Balaban J connectivity index is 1.67. The molecule has 6 N–H and O–H groups in total. The molecule has 8 heteroatoms. The number of thiocarbonyl (C=S) groups is 1. The number of rotatable bonds is 8. The van der Waals surface area contributed by atoms with E-state index >= 15 is 0 Å².